The van der Waals surface area contributed by atoms with E-state index in [0.717, 1.165) is 29.9 Å². The summed E-state index contributed by atoms with van der Waals surface area (Å²) >= 11 is 0. The van der Waals surface area contributed by atoms with Gasteiger partial charge in [-0.1, -0.05) is 0 Å². The van der Waals surface area contributed by atoms with Gasteiger partial charge in [0.25, 0.3) is 0 Å². The Balaban J connectivity index is 1.92. The van der Waals surface area contributed by atoms with E-state index in [2.05, 4.69) is 22.0 Å². The number of rotatable bonds is 2. The molecular weight excluding hydrogens is 240 g/mol. The molecule has 0 saturated heterocycles. The van der Waals surface area contributed by atoms with Gasteiger partial charge in [-0.3, -0.25) is 4.79 Å². The van der Waals surface area contributed by atoms with Crippen LogP contribution in [0.15, 0.2) is 18.5 Å². The van der Waals surface area contributed by atoms with E-state index in [4.69, 9.17) is 0 Å². The van der Waals surface area contributed by atoms with Crippen LogP contribution in [0.25, 0.3) is 5.52 Å². The van der Waals surface area contributed by atoms with Gasteiger partial charge >= 0.3 is 0 Å². The summed E-state index contributed by atoms with van der Waals surface area (Å²) in [6.45, 7) is 1.98. The number of anilines is 1. The van der Waals surface area contributed by atoms with Crippen LogP contribution >= 0.6 is 0 Å². The molecule has 1 aliphatic carbocycles. The van der Waals surface area contributed by atoms with Crippen LogP contribution in [0, 0.1) is 6.92 Å². The smallest absolute Gasteiger partial charge is 0.154 e. The van der Waals surface area contributed by atoms with Gasteiger partial charge in [-0.2, -0.15) is 5.10 Å². The molecule has 5 nitrogen and oxygen atoms in total. The molecular formula is C14H18N4O. The Morgan fingerprint density at radius 3 is 2.84 bits per heavy atom. The third-order valence-electron chi connectivity index (χ3n) is 3.89. The lowest BCUT2D eigenvalue weighted by molar-refractivity contribution is -0.120. The first-order chi connectivity index (χ1) is 9.15. The van der Waals surface area contributed by atoms with Crippen molar-refractivity contribution >= 4 is 17.1 Å². The van der Waals surface area contributed by atoms with Gasteiger partial charge < -0.3 is 4.90 Å². The number of carbonyl (C=O) groups excluding carboxylic acids is 1. The Hall–Kier alpha value is -1.91. The van der Waals surface area contributed by atoms with Crippen molar-refractivity contribution < 1.29 is 4.79 Å². The molecule has 2 aromatic rings. The Bertz CT molecular complexity index is 609. The second-order valence-corrected chi connectivity index (χ2v) is 5.25. The second kappa shape index (κ2) is 4.64. The molecule has 0 unspecified atom stereocenters. The predicted octanol–water partition coefficient (Wildman–Crippen LogP) is 1.99. The molecule has 0 aromatic carbocycles. The zero-order valence-corrected chi connectivity index (χ0v) is 11.3. The third-order valence-corrected chi connectivity index (χ3v) is 3.89. The highest BCUT2D eigenvalue weighted by atomic mass is 16.1. The van der Waals surface area contributed by atoms with E-state index in [1.807, 2.05) is 23.7 Å². The van der Waals surface area contributed by atoms with Crippen LogP contribution in [0.2, 0.25) is 0 Å². The molecule has 0 N–H and O–H groups in total. The van der Waals surface area contributed by atoms with Gasteiger partial charge in [-0.05, 0) is 25.8 Å². The van der Waals surface area contributed by atoms with Crippen molar-refractivity contribution in [3.05, 3.63) is 24.2 Å². The van der Waals surface area contributed by atoms with Crippen molar-refractivity contribution in [2.45, 2.75) is 38.6 Å². The fourth-order valence-corrected chi connectivity index (χ4v) is 2.79. The van der Waals surface area contributed by atoms with E-state index in [0.29, 0.717) is 24.7 Å². The molecule has 0 aliphatic heterocycles. The number of carbonyl (C=O) groups is 1. The van der Waals surface area contributed by atoms with Crippen molar-refractivity contribution in [1.82, 2.24) is 14.6 Å². The van der Waals surface area contributed by atoms with Crippen LogP contribution in [0.1, 0.15) is 31.4 Å². The number of aromatic nitrogens is 3. The van der Waals surface area contributed by atoms with Crippen LogP contribution in [0.4, 0.5) is 5.82 Å². The molecule has 0 bridgehead atoms. The quantitative estimate of drug-likeness (QED) is 0.826. The second-order valence-electron chi connectivity index (χ2n) is 5.25. The van der Waals surface area contributed by atoms with E-state index < -0.39 is 0 Å². The summed E-state index contributed by atoms with van der Waals surface area (Å²) in [5.74, 6) is 1.33. The average Bonchev–Trinajstić information content (AvgIpc) is 2.78. The van der Waals surface area contributed by atoms with Crippen molar-refractivity contribution in [3.63, 3.8) is 0 Å². The summed E-state index contributed by atoms with van der Waals surface area (Å²) in [7, 11) is 2.06. The first kappa shape index (κ1) is 12.1. The minimum Gasteiger partial charge on any atom is -0.355 e. The van der Waals surface area contributed by atoms with Crippen LogP contribution in [-0.2, 0) is 4.79 Å². The molecule has 1 fully saturated rings. The van der Waals surface area contributed by atoms with E-state index in [1.54, 1.807) is 6.20 Å². The first-order valence-electron chi connectivity index (χ1n) is 6.70. The Labute approximate surface area is 112 Å². The number of Topliss-reactive ketones (excluding diaryl/α,β-unsaturated/α-hetero) is 1. The molecule has 0 radical (unpaired) electrons. The van der Waals surface area contributed by atoms with Crippen LogP contribution in [0.5, 0.6) is 0 Å². The number of aryl methyl sites for hydroxylation is 1. The lowest BCUT2D eigenvalue weighted by Gasteiger charge is -2.31. The van der Waals surface area contributed by atoms with Gasteiger partial charge in [-0.25, -0.2) is 9.50 Å². The lowest BCUT2D eigenvalue weighted by atomic mass is 9.93. The van der Waals surface area contributed by atoms with Gasteiger partial charge in [0.05, 0.1) is 5.69 Å². The third kappa shape index (κ3) is 2.20. The molecule has 1 saturated carbocycles. The normalized spacial score (nSPS) is 17.1. The molecule has 100 valence electrons. The summed E-state index contributed by atoms with van der Waals surface area (Å²) in [5, 5.41) is 4.41. The van der Waals surface area contributed by atoms with Gasteiger partial charge in [-0.15, -0.1) is 0 Å². The molecule has 0 atom stereocenters. The van der Waals surface area contributed by atoms with Gasteiger partial charge in [0.2, 0.25) is 0 Å². The largest absolute Gasteiger partial charge is 0.355 e. The number of nitrogens with zero attached hydrogens (tertiary/aromatic N) is 4. The van der Waals surface area contributed by atoms with Crippen LogP contribution < -0.4 is 4.90 Å². The summed E-state index contributed by atoms with van der Waals surface area (Å²) in [6, 6.07) is 2.44. The molecule has 2 aromatic heterocycles. The zero-order chi connectivity index (χ0) is 13.4. The van der Waals surface area contributed by atoms with Crippen molar-refractivity contribution in [2.24, 2.45) is 0 Å². The summed E-state index contributed by atoms with van der Waals surface area (Å²) < 4.78 is 1.86. The summed E-state index contributed by atoms with van der Waals surface area (Å²) in [6.07, 6.45) is 6.87. The molecule has 3 rings (SSSR count). The van der Waals surface area contributed by atoms with Gasteiger partial charge in [0.1, 0.15) is 11.3 Å². The number of fused-ring (bicyclic) bond motifs is 1. The lowest BCUT2D eigenvalue weighted by Crippen LogP contribution is -2.36. The van der Waals surface area contributed by atoms with Crippen molar-refractivity contribution in [1.29, 1.82) is 0 Å². The number of hydrogen-bond acceptors (Lipinski definition) is 4. The highest BCUT2D eigenvalue weighted by Crippen LogP contribution is 2.26. The molecule has 0 amide bonds. The monoisotopic (exact) mass is 258 g/mol. The molecule has 1 aliphatic rings. The van der Waals surface area contributed by atoms with Crippen molar-refractivity contribution in [3.8, 4) is 0 Å². The van der Waals surface area contributed by atoms with Gasteiger partial charge in [0.15, 0.2) is 5.82 Å². The summed E-state index contributed by atoms with van der Waals surface area (Å²) in [4.78, 5) is 18.0. The van der Waals surface area contributed by atoms with Crippen molar-refractivity contribution in [2.75, 3.05) is 11.9 Å². The highest BCUT2D eigenvalue weighted by molar-refractivity contribution is 5.79. The van der Waals surface area contributed by atoms with Gasteiger partial charge in [0, 0.05) is 38.3 Å². The number of ketones is 1. The fraction of sp³-hybridized carbons (Fsp3) is 0.500. The summed E-state index contributed by atoms with van der Waals surface area (Å²) in [5.41, 5.74) is 2.01. The van der Waals surface area contributed by atoms with E-state index in [-0.39, 0.29) is 0 Å². The Morgan fingerprint density at radius 2 is 2.11 bits per heavy atom. The van der Waals surface area contributed by atoms with Crippen LogP contribution in [0.3, 0.4) is 0 Å². The standard InChI is InChI=1S/C14H18N4O/c1-10-9-13-14(15-7-8-18(13)16-10)17(2)11-3-5-12(19)6-4-11/h7-9,11H,3-6H2,1-2H3. The minimum atomic E-state index is 0.385. The van der Waals surface area contributed by atoms with E-state index in [1.165, 1.54) is 0 Å². The SMILES string of the molecule is Cc1cc2c(N(C)C3CCC(=O)CC3)nccn2n1. The maximum absolute atomic E-state index is 11.3. The Morgan fingerprint density at radius 1 is 1.37 bits per heavy atom. The molecule has 0 spiro atoms. The first-order valence-corrected chi connectivity index (χ1v) is 6.70. The maximum atomic E-state index is 11.3. The number of hydrogen-bond donors (Lipinski definition) is 0. The van der Waals surface area contributed by atoms with E-state index in [9.17, 15) is 4.79 Å². The minimum absolute atomic E-state index is 0.385. The Kier molecular flexibility index (Phi) is 2.97. The highest BCUT2D eigenvalue weighted by Gasteiger charge is 2.24. The zero-order valence-electron chi connectivity index (χ0n) is 11.3. The molecule has 2 heterocycles. The van der Waals surface area contributed by atoms with E-state index >= 15 is 0 Å². The van der Waals surface area contributed by atoms with Crippen LogP contribution in [-0.4, -0.2) is 33.5 Å². The molecule has 19 heavy (non-hydrogen) atoms. The predicted molar refractivity (Wildman–Crippen MR) is 73.4 cm³/mol. The fourth-order valence-electron chi connectivity index (χ4n) is 2.79. The molecule has 5 heteroatoms. The maximum Gasteiger partial charge on any atom is 0.154 e. The topological polar surface area (TPSA) is 50.5 Å². The average molecular weight is 258 g/mol.